The van der Waals surface area contributed by atoms with Gasteiger partial charge in [-0.3, -0.25) is 4.98 Å². The van der Waals surface area contributed by atoms with E-state index in [0.29, 0.717) is 12.2 Å². The normalized spacial score (nSPS) is 10.3. The molecule has 158 valence electrons. The first-order valence-corrected chi connectivity index (χ1v) is 10.1. The van der Waals surface area contributed by atoms with Gasteiger partial charge in [0, 0.05) is 36.3 Å². The van der Waals surface area contributed by atoms with Crippen LogP contribution in [-0.2, 0) is 6.54 Å². The quantitative estimate of drug-likeness (QED) is 0.460. The second-order valence-electron chi connectivity index (χ2n) is 7.38. The van der Waals surface area contributed by atoms with E-state index in [1.54, 1.807) is 7.11 Å². The standard InChI is InChI=1S/C27H22N2O3/c1-29(18-21-10-13-22(32-2)14-11-21)26-23-16-20(9-8-19-6-4-3-5-7-19)12-15-25(23)28-17-24(26)27(30)31/h3-7,10-17H,18H2,1-2H3,(H,30,31). The molecule has 5 nitrogen and oxygen atoms in total. The SMILES string of the molecule is COc1ccc(CN(C)c2c(C(=O)O)cnc3ccc(C#Cc4ccccc4)cc23)cc1. The highest BCUT2D eigenvalue weighted by atomic mass is 16.5. The van der Waals surface area contributed by atoms with Gasteiger partial charge in [0.1, 0.15) is 11.3 Å². The number of nitrogens with zero attached hydrogens (tertiary/aromatic N) is 2. The number of anilines is 1. The van der Waals surface area contributed by atoms with E-state index in [2.05, 4.69) is 16.8 Å². The molecule has 0 saturated carbocycles. The van der Waals surface area contributed by atoms with Crippen molar-refractivity contribution in [2.45, 2.75) is 6.54 Å². The zero-order chi connectivity index (χ0) is 22.5. The van der Waals surface area contributed by atoms with E-state index >= 15 is 0 Å². The topological polar surface area (TPSA) is 62.7 Å². The molecular weight excluding hydrogens is 400 g/mol. The van der Waals surface area contributed by atoms with Gasteiger partial charge in [-0.25, -0.2) is 4.79 Å². The zero-order valence-electron chi connectivity index (χ0n) is 17.9. The second kappa shape index (κ2) is 9.23. The predicted octanol–water partition coefficient (Wildman–Crippen LogP) is 4.98. The number of methoxy groups -OCH3 is 1. The summed E-state index contributed by atoms with van der Waals surface area (Å²) < 4.78 is 5.22. The van der Waals surface area contributed by atoms with E-state index in [0.717, 1.165) is 33.3 Å². The van der Waals surface area contributed by atoms with Crippen molar-refractivity contribution in [3.63, 3.8) is 0 Å². The van der Waals surface area contributed by atoms with E-state index in [9.17, 15) is 9.90 Å². The first-order chi connectivity index (χ1) is 15.5. The van der Waals surface area contributed by atoms with Gasteiger partial charge in [0.15, 0.2) is 0 Å². The van der Waals surface area contributed by atoms with Gasteiger partial charge in [0.25, 0.3) is 0 Å². The molecule has 4 aromatic rings. The highest BCUT2D eigenvalue weighted by Crippen LogP contribution is 2.31. The van der Waals surface area contributed by atoms with Gasteiger partial charge < -0.3 is 14.7 Å². The van der Waals surface area contributed by atoms with Crippen molar-refractivity contribution in [3.8, 4) is 17.6 Å². The van der Waals surface area contributed by atoms with Crippen LogP contribution in [0.3, 0.4) is 0 Å². The van der Waals surface area contributed by atoms with Crippen molar-refractivity contribution in [1.82, 2.24) is 4.98 Å². The Hall–Kier alpha value is -4.30. The molecule has 0 spiro atoms. The summed E-state index contributed by atoms with van der Waals surface area (Å²) in [6.45, 7) is 0.531. The summed E-state index contributed by atoms with van der Waals surface area (Å²) in [5, 5.41) is 10.6. The van der Waals surface area contributed by atoms with Crippen molar-refractivity contribution in [1.29, 1.82) is 0 Å². The van der Waals surface area contributed by atoms with Crippen molar-refractivity contribution in [2.24, 2.45) is 0 Å². The van der Waals surface area contributed by atoms with Crippen LogP contribution in [0.5, 0.6) is 5.75 Å². The lowest BCUT2D eigenvalue weighted by Crippen LogP contribution is -2.20. The molecule has 3 aromatic carbocycles. The van der Waals surface area contributed by atoms with Gasteiger partial charge in [-0.15, -0.1) is 0 Å². The Balaban J connectivity index is 1.76. The largest absolute Gasteiger partial charge is 0.497 e. The first-order valence-electron chi connectivity index (χ1n) is 10.1. The molecule has 4 rings (SSSR count). The number of benzene rings is 3. The summed E-state index contributed by atoms with van der Waals surface area (Å²) >= 11 is 0. The summed E-state index contributed by atoms with van der Waals surface area (Å²) in [5.41, 5.74) is 4.24. The molecule has 1 N–H and O–H groups in total. The number of hydrogen-bond acceptors (Lipinski definition) is 4. The van der Waals surface area contributed by atoms with Gasteiger partial charge in [-0.05, 0) is 48.0 Å². The van der Waals surface area contributed by atoms with E-state index in [1.807, 2.05) is 84.7 Å². The van der Waals surface area contributed by atoms with E-state index in [-0.39, 0.29) is 5.56 Å². The summed E-state index contributed by atoms with van der Waals surface area (Å²) in [6, 6.07) is 23.1. The maximum absolute atomic E-state index is 12.0. The fourth-order valence-electron chi connectivity index (χ4n) is 3.57. The Morgan fingerprint density at radius 2 is 1.72 bits per heavy atom. The summed E-state index contributed by atoms with van der Waals surface area (Å²) in [5.74, 6) is 6.08. The van der Waals surface area contributed by atoms with E-state index in [1.165, 1.54) is 6.20 Å². The minimum absolute atomic E-state index is 0.154. The lowest BCUT2D eigenvalue weighted by Gasteiger charge is -2.23. The molecule has 0 atom stereocenters. The number of carboxylic acids is 1. The molecule has 0 amide bonds. The van der Waals surface area contributed by atoms with Crippen molar-refractivity contribution >= 4 is 22.6 Å². The van der Waals surface area contributed by atoms with Crippen LogP contribution in [0.4, 0.5) is 5.69 Å². The van der Waals surface area contributed by atoms with Crippen LogP contribution in [0.25, 0.3) is 10.9 Å². The Labute approximate surface area is 186 Å². The average molecular weight is 422 g/mol. The third-order valence-electron chi connectivity index (χ3n) is 5.16. The minimum atomic E-state index is -1.02. The highest BCUT2D eigenvalue weighted by molar-refractivity contribution is 6.04. The number of aromatic nitrogens is 1. The zero-order valence-corrected chi connectivity index (χ0v) is 17.9. The maximum Gasteiger partial charge on any atom is 0.339 e. The lowest BCUT2D eigenvalue weighted by molar-refractivity contribution is 0.0697. The van der Waals surface area contributed by atoms with Crippen LogP contribution in [0.1, 0.15) is 27.0 Å². The molecule has 5 heteroatoms. The molecule has 0 fully saturated rings. The van der Waals surface area contributed by atoms with Gasteiger partial charge in [0.05, 0.1) is 18.3 Å². The van der Waals surface area contributed by atoms with Crippen molar-refractivity contribution in [3.05, 3.63) is 101 Å². The van der Waals surface area contributed by atoms with E-state index in [4.69, 9.17) is 4.74 Å². The molecule has 0 aliphatic carbocycles. The monoisotopic (exact) mass is 422 g/mol. The second-order valence-corrected chi connectivity index (χ2v) is 7.38. The van der Waals surface area contributed by atoms with Crippen molar-refractivity contribution < 1.29 is 14.6 Å². The van der Waals surface area contributed by atoms with Crippen molar-refractivity contribution in [2.75, 3.05) is 19.1 Å². The Bertz CT molecular complexity index is 1320. The van der Waals surface area contributed by atoms with Crippen LogP contribution in [0, 0.1) is 11.8 Å². The summed E-state index contributed by atoms with van der Waals surface area (Å²) in [4.78, 5) is 18.3. The number of carbonyl (C=O) groups is 1. The van der Waals surface area contributed by atoms with Crippen LogP contribution < -0.4 is 9.64 Å². The predicted molar refractivity (Wildman–Crippen MR) is 126 cm³/mol. The smallest absolute Gasteiger partial charge is 0.339 e. The fourth-order valence-corrected chi connectivity index (χ4v) is 3.57. The Morgan fingerprint density at radius 3 is 2.41 bits per heavy atom. The number of rotatable bonds is 5. The van der Waals surface area contributed by atoms with Crippen LogP contribution >= 0.6 is 0 Å². The third-order valence-corrected chi connectivity index (χ3v) is 5.16. The third kappa shape index (κ3) is 4.55. The molecule has 1 heterocycles. The minimum Gasteiger partial charge on any atom is -0.497 e. The summed E-state index contributed by atoms with van der Waals surface area (Å²) in [7, 11) is 3.51. The number of carboxylic acid groups (broad SMARTS) is 1. The number of aromatic carboxylic acids is 1. The fraction of sp³-hybridized carbons (Fsp3) is 0.111. The van der Waals surface area contributed by atoms with E-state index < -0.39 is 5.97 Å². The Kier molecular flexibility index (Phi) is 6.05. The van der Waals surface area contributed by atoms with Crippen LogP contribution in [0.15, 0.2) is 79.0 Å². The lowest BCUT2D eigenvalue weighted by atomic mass is 10.0. The average Bonchev–Trinajstić information content (AvgIpc) is 2.82. The molecule has 1 aromatic heterocycles. The summed E-state index contributed by atoms with van der Waals surface area (Å²) in [6.07, 6.45) is 1.42. The van der Waals surface area contributed by atoms with Crippen LogP contribution in [-0.4, -0.2) is 30.2 Å². The number of fused-ring (bicyclic) bond motifs is 1. The first kappa shape index (κ1) is 21.0. The molecule has 32 heavy (non-hydrogen) atoms. The molecule has 0 aliphatic heterocycles. The Morgan fingerprint density at radius 1 is 1.00 bits per heavy atom. The number of hydrogen-bond donors (Lipinski definition) is 1. The van der Waals surface area contributed by atoms with Crippen LogP contribution in [0.2, 0.25) is 0 Å². The van der Waals surface area contributed by atoms with Gasteiger partial charge in [-0.2, -0.15) is 0 Å². The molecule has 0 bridgehead atoms. The van der Waals surface area contributed by atoms with Gasteiger partial charge in [-0.1, -0.05) is 42.2 Å². The van der Waals surface area contributed by atoms with Gasteiger partial charge in [0.2, 0.25) is 0 Å². The molecule has 0 radical (unpaired) electrons. The number of ether oxygens (including phenoxy) is 1. The number of pyridine rings is 1. The molecule has 0 unspecified atom stereocenters. The highest BCUT2D eigenvalue weighted by Gasteiger charge is 2.18. The maximum atomic E-state index is 12.0. The van der Waals surface area contributed by atoms with Gasteiger partial charge >= 0.3 is 5.97 Å². The molecule has 0 saturated heterocycles. The molecular formula is C27H22N2O3. The molecule has 0 aliphatic rings.